The minimum Gasteiger partial charge on any atom is -0.481 e. The molecular formula is C23H36N2O5. The highest BCUT2D eigenvalue weighted by molar-refractivity contribution is 5.87. The smallest absolute Gasteiger partial charge is 0.326 e. The normalized spacial score (nSPS) is 13.7. The summed E-state index contributed by atoms with van der Waals surface area (Å²) in [6.45, 7) is 9.85. The number of carboxylic acid groups (broad SMARTS) is 2. The number of rotatable bonds is 12. The van der Waals surface area contributed by atoms with Crippen LogP contribution in [0.4, 0.5) is 0 Å². The lowest BCUT2D eigenvalue weighted by Gasteiger charge is -2.28. The van der Waals surface area contributed by atoms with Crippen molar-refractivity contribution in [3.8, 4) is 0 Å². The molecule has 1 amide bonds. The molecule has 7 heteroatoms. The Labute approximate surface area is 179 Å². The van der Waals surface area contributed by atoms with E-state index in [0.29, 0.717) is 5.92 Å². The van der Waals surface area contributed by atoms with Crippen molar-refractivity contribution in [3.05, 3.63) is 35.4 Å². The van der Waals surface area contributed by atoms with Crippen LogP contribution >= 0.6 is 0 Å². The number of carbonyl (C=O) groups excluding carboxylic acids is 1. The predicted octanol–water partition coefficient (Wildman–Crippen LogP) is 3.32. The topological polar surface area (TPSA) is 116 Å². The van der Waals surface area contributed by atoms with Crippen molar-refractivity contribution in [2.24, 2.45) is 0 Å². The predicted molar refractivity (Wildman–Crippen MR) is 117 cm³/mol. The highest BCUT2D eigenvalue weighted by Gasteiger charge is 2.28. The summed E-state index contributed by atoms with van der Waals surface area (Å²) in [5.74, 6) is -2.21. The lowest BCUT2D eigenvalue weighted by Crippen LogP contribution is -2.55. The van der Waals surface area contributed by atoms with Crippen LogP contribution < -0.4 is 10.6 Å². The molecule has 1 aromatic rings. The average Bonchev–Trinajstić information content (AvgIpc) is 2.64. The van der Waals surface area contributed by atoms with E-state index >= 15 is 0 Å². The molecule has 168 valence electrons. The third kappa shape index (κ3) is 8.95. The van der Waals surface area contributed by atoms with Crippen molar-refractivity contribution in [3.63, 3.8) is 0 Å². The van der Waals surface area contributed by atoms with Crippen molar-refractivity contribution in [2.45, 2.75) is 90.3 Å². The van der Waals surface area contributed by atoms with Crippen LogP contribution in [0.15, 0.2) is 24.3 Å². The molecule has 0 fully saturated rings. The number of hydrogen-bond acceptors (Lipinski definition) is 4. The van der Waals surface area contributed by atoms with Crippen molar-refractivity contribution in [1.29, 1.82) is 0 Å². The number of carboxylic acids is 2. The van der Waals surface area contributed by atoms with Crippen molar-refractivity contribution in [1.82, 2.24) is 10.6 Å². The fourth-order valence-electron chi connectivity index (χ4n) is 3.50. The Balaban J connectivity index is 2.96. The fraction of sp³-hybridized carbons (Fsp3) is 0.609. The molecule has 1 rings (SSSR count). The molecule has 4 N–H and O–H groups in total. The number of carbonyl (C=O) groups is 3. The van der Waals surface area contributed by atoms with Crippen LogP contribution in [0, 0.1) is 0 Å². The van der Waals surface area contributed by atoms with Gasteiger partial charge in [-0.3, -0.25) is 9.59 Å². The van der Waals surface area contributed by atoms with E-state index in [2.05, 4.69) is 24.5 Å². The minimum atomic E-state index is -1.12. The van der Waals surface area contributed by atoms with Crippen molar-refractivity contribution in [2.75, 3.05) is 0 Å². The summed E-state index contributed by atoms with van der Waals surface area (Å²) in [7, 11) is 0. The fourth-order valence-corrected chi connectivity index (χ4v) is 3.50. The van der Waals surface area contributed by atoms with Gasteiger partial charge in [0.2, 0.25) is 5.91 Å². The molecule has 0 aliphatic rings. The summed E-state index contributed by atoms with van der Waals surface area (Å²) in [6.07, 6.45) is 2.06. The number of hydrogen-bond donors (Lipinski definition) is 4. The second kappa shape index (κ2) is 11.7. The molecule has 0 saturated heterocycles. The molecule has 0 bridgehead atoms. The van der Waals surface area contributed by atoms with Gasteiger partial charge >= 0.3 is 11.9 Å². The zero-order valence-electron chi connectivity index (χ0n) is 18.7. The quantitative estimate of drug-likeness (QED) is 0.412. The molecule has 30 heavy (non-hydrogen) atoms. The maximum atomic E-state index is 12.8. The van der Waals surface area contributed by atoms with Gasteiger partial charge in [-0.25, -0.2) is 4.79 Å². The molecular weight excluding hydrogens is 384 g/mol. The van der Waals surface area contributed by atoms with E-state index in [9.17, 15) is 19.5 Å². The standard InChI is InChI=1S/C23H36N2O5/c1-6-16(7-2)17-10-8-9-15(13-17)14-19(22(29)30)24-21(28)18(11-12-20(26)27)25-23(3,4)5/h8-10,13,16,18-19,25H,6-7,11-12,14H2,1-5H3,(H,24,28)(H,26,27)(H,29,30)/t18-,19-/m0/s1. The summed E-state index contributed by atoms with van der Waals surface area (Å²) in [6, 6.07) is 5.95. The van der Waals surface area contributed by atoms with Gasteiger partial charge in [0.15, 0.2) is 0 Å². The van der Waals surface area contributed by atoms with Gasteiger partial charge < -0.3 is 20.8 Å². The van der Waals surface area contributed by atoms with Gasteiger partial charge in [-0.15, -0.1) is 0 Å². The first-order chi connectivity index (χ1) is 14.0. The molecule has 0 aliphatic carbocycles. The number of benzene rings is 1. The van der Waals surface area contributed by atoms with Crippen LogP contribution in [0.2, 0.25) is 0 Å². The average molecular weight is 421 g/mol. The number of nitrogens with one attached hydrogen (secondary N) is 2. The van der Waals surface area contributed by atoms with Crippen LogP contribution in [0.3, 0.4) is 0 Å². The highest BCUT2D eigenvalue weighted by Crippen LogP contribution is 2.24. The number of amides is 1. The summed E-state index contributed by atoms with van der Waals surface area (Å²) in [5, 5.41) is 24.3. The van der Waals surface area contributed by atoms with Gasteiger partial charge in [0, 0.05) is 18.4 Å². The molecule has 0 heterocycles. The molecule has 0 aromatic heterocycles. The summed E-state index contributed by atoms with van der Waals surface area (Å²) in [4.78, 5) is 35.5. The van der Waals surface area contributed by atoms with E-state index in [4.69, 9.17) is 5.11 Å². The molecule has 1 aromatic carbocycles. The largest absolute Gasteiger partial charge is 0.481 e. The summed E-state index contributed by atoms with van der Waals surface area (Å²) < 4.78 is 0. The van der Waals surface area contributed by atoms with E-state index in [1.54, 1.807) is 0 Å². The van der Waals surface area contributed by atoms with Gasteiger partial charge in [0.1, 0.15) is 6.04 Å². The molecule has 0 saturated carbocycles. The van der Waals surface area contributed by atoms with Gasteiger partial charge in [-0.2, -0.15) is 0 Å². The lowest BCUT2D eigenvalue weighted by atomic mass is 9.91. The van der Waals surface area contributed by atoms with Crippen LogP contribution in [-0.4, -0.2) is 45.7 Å². The van der Waals surface area contributed by atoms with Gasteiger partial charge in [0.25, 0.3) is 0 Å². The third-order valence-electron chi connectivity index (χ3n) is 5.03. The van der Waals surface area contributed by atoms with Crippen molar-refractivity contribution >= 4 is 17.8 Å². The van der Waals surface area contributed by atoms with E-state index < -0.39 is 35.5 Å². The highest BCUT2D eigenvalue weighted by atomic mass is 16.4. The second-order valence-corrected chi connectivity index (χ2v) is 8.74. The Morgan fingerprint density at radius 2 is 1.67 bits per heavy atom. The molecule has 2 atom stereocenters. The lowest BCUT2D eigenvalue weighted by molar-refractivity contribution is -0.142. The monoisotopic (exact) mass is 420 g/mol. The van der Waals surface area contributed by atoms with Crippen LogP contribution in [-0.2, 0) is 20.8 Å². The van der Waals surface area contributed by atoms with Gasteiger partial charge in [0.05, 0.1) is 6.04 Å². The Morgan fingerprint density at radius 3 is 2.17 bits per heavy atom. The first-order valence-electron chi connectivity index (χ1n) is 10.6. The van der Waals surface area contributed by atoms with E-state index in [1.165, 1.54) is 5.56 Å². The van der Waals surface area contributed by atoms with Gasteiger partial charge in [-0.1, -0.05) is 38.1 Å². The van der Waals surface area contributed by atoms with E-state index in [1.807, 2.05) is 45.0 Å². The van der Waals surface area contributed by atoms with E-state index in [-0.39, 0.29) is 19.3 Å². The van der Waals surface area contributed by atoms with Gasteiger partial charge in [-0.05, 0) is 57.1 Å². The first kappa shape index (κ1) is 25.6. The second-order valence-electron chi connectivity index (χ2n) is 8.74. The Kier molecular flexibility index (Phi) is 9.99. The molecule has 0 spiro atoms. The maximum Gasteiger partial charge on any atom is 0.326 e. The zero-order chi connectivity index (χ0) is 22.9. The first-order valence-corrected chi connectivity index (χ1v) is 10.6. The molecule has 7 nitrogen and oxygen atoms in total. The molecule has 0 aliphatic heterocycles. The van der Waals surface area contributed by atoms with Crippen LogP contribution in [0.5, 0.6) is 0 Å². The zero-order valence-corrected chi connectivity index (χ0v) is 18.7. The Morgan fingerprint density at radius 1 is 1.03 bits per heavy atom. The Bertz CT molecular complexity index is 723. The SMILES string of the molecule is CCC(CC)c1cccc(C[C@H](NC(=O)[C@H](CCC(=O)O)NC(C)(C)C)C(=O)O)c1. The van der Waals surface area contributed by atoms with Crippen LogP contribution in [0.25, 0.3) is 0 Å². The summed E-state index contributed by atoms with van der Waals surface area (Å²) in [5.41, 5.74) is 1.59. The third-order valence-corrected chi connectivity index (χ3v) is 5.03. The molecule has 0 unspecified atom stereocenters. The van der Waals surface area contributed by atoms with E-state index in [0.717, 1.165) is 18.4 Å². The van der Waals surface area contributed by atoms with Crippen LogP contribution in [0.1, 0.15) is 77.3 Å². The van der Waals surface area contributed by atoms with Crippen molar-refractivity contribution < 1.29 is 24.6 Å². The summed E-state index contributed by atoms with van der Waals surface area (Å²) >= 11 is 0. The maximum absolute atomic E-state index is 12.8. The minimum absolute atomic E-state index is 0.0783. The molecule has 0 radical (unpaired) electrons. The Hall–Kier alpha value is -2.41. The number of aliphatic carboxylic acids is 2.